The number of aromatic amines is 1. The van der Waals surface area contributed by atoms with Gasteiger partial charge in [-0.25, -0.2) is 4.98 Å². The number of nitrogens with one attached hydrogen (secondary N) is 1. The minimum atomic E-state index is -0.0448. The fraction of sp³-hybridized carbons (Fsp3) is 0.364. The molecule has 1 fully saturated rings. The summed E-state index contributed by atoms with van der Waals surface area (Å²) in [5, 5.41) is 0. The molecule has 7 heteroatoms. The lowest BCUT2D eigenvalue weighted by Crippen LogP contribution is -2.53. The van der Waals surface area contributed by atoms with Gasteiger partial charge in [0.05, 0.1) is 17.2 Å². The van der Waals surface area contributed by atoms with Crippen molar-refractivity contribution in [1.82, 2.24) is 19.9 Å². The van der Waals surface area contributed by atoms with Crippen LogP contribution in [-0.4, -0.2) is 44.8 Å². The zero-order valence-electron chi connectivity index (χ0n) is 16.6. The van der Waals surface area contributed by atoms with E-state index in [0.29, 0.717) is 24.3 Å². The molecule has 1 aliphatic rings. The molecule has 4 heterocycles. The Morgan fingerprint density at radius 2 is 2.03 bits per heavy atom. The van der Waals surface area contributed by atoms with Gasteiger partial charge >= 0.3 is 0 Å². The summed E-state index contributed by atoms with van der Waals surface area (Å²) in [5.41, 5.74) is 3.82. The van der Waals surface area contributed by atoms with Crippen LogP contribution in [0.15, 0.2) is 41.5 Å². The number of aryl methyl sites for hydroxylation is 1. The molecule has 7 nitrogen and oxygen atoms in total. The Hall–Kier alpha value is -3.06. The van der Waals surface area contributed by atoms with Gasteiger partial charge in [0.1, 0.15) is 17.5 Å². The molecule has 0 atom stereocenters. The number of pyridine rings is 3. The number of hydrogen-bond acceptors (Lipinski definition) is 6. The number of ketones is 1. The van der Waals surface area contributed by atoms with Gasteiger partial charge in [-0.1, -0.05) is 13.8 Å². The Morgan fingerprint density at radius 1 is 1.21 bits per heavy atom. The molecule has 0 unspecified atom stereocenters. The van der Waals surface area contributed by atoms with Crippen molar-refractivity contribution in [3.05, 3.63) is 63.8 Å². The first kappa shape index (κ1) is 19.3. The van der Waals surface area contributed by atoms with Gasteiger partial charge in [0.2, 0.25) is 0 Å². The Morgan fingerprint density at radius 3 is 2.72 bits per heavy atom. The number of aromatic nitrogens is 3. The van der Waals surface area contributed by atoms with Crippen LogP contribution in [0.3, 0.4) is 0 Å². The van der Waals surface area contributed by atoms with Crippen molar-refractivity contribution >= 4 is 16.8 Å². The summed E-state index contributed by atoms with van der Waals surface area (Å²) in [6.07, 6.45) is 4.71. The second-order valence-corrected chi connectivity index (χ2v) is 7.34. The first-order valence-electron chi connectivity index (χ1n) is 9.94. The lowest BCUT2D eigenvalue weighted by atomic mass is 10.1. The third-order valence-electron chi connectivity index (χ3n) is 5.18. The third kappa shape index (κ3) is 4.19. The molecule has 1 N–H and O–H groups in total. The van der Waals surface area contributed by atoms with Gasteiger partial charge in [0.25, 0.3) is 5.56 Å². The smallest absolute Gasteiger partial charge is 0.251 e. The maximum atomic E-state index is 12.0. The van der Waals surface area contributed by atoms with Crippen LogP contribution in [-0.2, 0) is 13.0 Å². The highest BCUT2D eigenvalue weighted by Gasteiger charge is 2.28. The summed E-state index contributed by atoms with van der Waals surface area (Å²) in [6.45, 7) is 6.14. The number of fused-ring (bicyclic) bond motifs is 1. The van der Waals surface area contributed by atoms with Gasteiger partial charge in [-0.3, -0.25) is 19.5 Å². The van der Waals surface area contributed by atoms with Gasteiger partial charge in [-0.15, -0.1) is 0 Å². The van der Waals surface area contributed by atoms with E-state index in [-0.39, 0.29) is 17.4 Å². The highest BCUT2D eigenvalue weighted by atomic mass is 16.5. The molecule has 1 aliphatic heterocycles. The normalized spacial score (nSPS) is 14.7. The molecular formula is C22H24N4O3. The van der Waals surface area contributed by atoms with Crippen molar-refractivity contribution < 1.29 is 9.53 Å². The van der Waals surface area contributed by atoms with E-state index in [0.717, 1.165) is 41.8 Å². The summed E-state index contributed by atoms with van der Waals surface area (Å²) in [7, 11) is 0. The van der Waals surface area contributed by atoms with Crippen LogP contribution in [0, 0.1) is 0 Å². The molecule has 0 spiro atoms. The lowest BCUT2D eigenvalue weighted by molar-refractivity contribution is 0.0143. The third-order valence-corrected chi connectivity index (χ3v) is 5.18. The van der Waals surface area contributed by atoms with E-state index in [2.05, 4.69) is 19.9 Å². The van der Waals surface area contributed by atoms with Gasteiger partial charge < -0.3 is 9.72 Å². The number of carbonyl (C=O) groups is 1. The Labute approximate surface area is 168 Å². The molecule has 3 aromatic rings. The molecule has 0 bridgehead atoms. The first-order chi connectivity index (χ1) is 14.1. The second kappa shape index (κ2) is 8.13. The zero-order valence-corrected chi connectivity index (χ0v) is 16.6. The second-order valence-electron chi connectivity index (χ2n) is 7.34. The summed E-state index contributed by atoms with van der Waals surface area (Å²) in [6, 6.07) is 7.36. The average molecular weight is 392 g/mol. The van der Waals surface area contributed by atoms with Crippen molar-refractivity contribution in [2.75, 3.05) is 13.1 Å². The van der Waals surface area contributed by atoms with Crippen LogP contribution in [0.4, 0.5) is 0 Å². The number of ether oxygens (including phenoxy) is 1. The fourth-order valence-corrected chi connectivity index (χ4v) is 3.49. The van der Waals surface area contributed by atoms with Crippen molar-refractivity contribution in [2.45, 2.75) is 39.3 Å². The largest absolute Gasteiger partial charge is 0.486 e. The van der Waals surface area contributed by atoms with Crippen LogP contribution in [0.2, 0.25) is 0 Å². The van der Waals surface area contributed by atoms with Gasteiger partial charge in [-0.2, -0.15) is 0 Å². The van der Waals surface area contributed by atoms with Crippen LogP contribution < -0.4 is 10.3 Å². The topological polar surface area (TPSA) is 88.2 Å². The van der Waals surface area contributed by atoms with E-state index in [9.17, 15) is 9.59 Å². The number of rotatable bonds is 7. The molecule has 3 aromatic heterocycles. The quantitative estimate of drug-likeness (QED) is 0.622. The minimum absolute atomic E-state index is 0.0302. The standard InChI is InChI=1S/C22H24N4O3/c1-3-15-8-19-20(25-22(15)28)7-14(9-23-19)11-26-12-17(13-26)29-16-5-6-18(24-10-16)21(27)4-2/h5-10,17H,3-4,11-13H2,1-2H3,(H,25,28). The summed E-state index contributed by atoms with van der Waals surface area (Å²) < 4.78 is 5.92. The summed E-state index contributed by atoms with van der Waals surface area (Å²) in [4.78, 5) is 37.5. The van der Waals surface area contributed by atoms with Crippen molar-refractivity contribution in [3.8, 4) is 5.75 Å². The van der Waals surface area contributed by atoms with E-state index < -0.39 is 0 Å². The lowest BCUT2D eigenvalue weighted by Gasteiger charge is -2.38. The van der Waals surface area contributed by atoms with Crippen molar-refractivity contribution in [3.63, 3.8) is 0 Å². The number of likely N-dealkylation sites (tertiary alicyclic amines) is 1. The molecule has 0 saturated carbocycles. The Bertz CT molecular complexity index is 1090. The minimum Gasteiger partial charge on any atom is -0.486 e. The summed E-state index contributed by atoms with van der Waals surface area (Å²) >= 11 is 0. The van der Waals surface area contributed by atoms with Crippen molar-refractivity contribution in [1.29, 1.82) is 0 Å². The highest BCUT2D eigenvalue weighted by Crippen LogP contribution is 2.20. The van der Waals surface area contributed by atoms with E-state index in [4.69, 9.17) is 4.74 Å². The van der Waals surface area contributed by atoms with E-state index >= 15 is 0 Å². The maximum absolute atomic E-state index is 12.0. The predicted molar refractivity (Wildman–Crippen MR) is 110 cm³/mol. The van der Waals surface area contributed by atoms with Crippen LogP contribution >= 0.6 is 0 Å². The SMILES string of the molecule is CCC(=O)c1ccc(OC2CN(Cc3cnc4cc(CC)c(=O)[nH]c4c3)C2)cn1. The molecule has 0 aliphatic carbocycles. The molecule has 29 heavy (non-hydrogen) atoms. The fourth-order valence-electron chi connectivity index (χ4n) is 3.49. The average Bonchev–Trinajstić information content (AvgIpc) is 2.71. The highest BCUT2D eigenvalue weighted by molar-refractivity contribution is 5.93. The summed E-state index contributed by atoms with van der Waals surface area (Å²) in [5.74, 6) is 0.710. The predicted octanol–water partition coefficient (Wildman–Crippen LogP) is 2.74. The molecule has 0 aromatic carbocycles. The molecule has 0 amide bonds. The van der Waals surface area contributed by atoms with Crippen LogP contribution in [0.25, 0.3) is 11.0 Å². The molecule has 4 rings (SSSR count). The van der Waals surface area contributed by atoms with Gasteiger partial charge in [0.15, 0.2) is 5.78 Å². The van der Waals surface area contributed by atoms with E-state index in [1.165, 1.54) is 0 Å². The first-order valence-corrected chi connectivity index (χ1v) is 9.94. The number of H-pyrrole nitrogens is 1. The van der Waals surface area contributed by atoms with Gasteiger partial charge in [-0.05, 0) is 36.2 Å². The molecular weight excluding hydrogens is 368 g/mol. The molecule has 0 radical (unpaired) electrons. The van der Waals surface area contributed by atoms with Crippen LogP contribution in [0.5, 0.6) is 5.75 Å². The van der Waals surface area contributed by atoms with E-state index in [1.54, 1.807) is 18.3 Å². The number of nitrogens with zero attached hydrogens (tertiary/aromatic N) is 3. The molecule has 1 saturated heterocycles. The number of hydrogen-bond donors (Lipinski definition) is 1. The Balaban J connectivity index is 1.33. The molecule has 150 valence electrons. The van der Waals surface area contributed by atoms with Crippen molar-refractivity contribution in [2.24, 2.45) is 0 Å². The Kier molecular flexibility index (Phi) is 5.40. The zero-order chi connectivity index (χ0) is 20.4. The monoisotopic (exact) mass is 392 g/mol. The number of carbonyl (C=O) groups excluding carboxylic acids is 1. The maximum Gasteiger partial charge on any atom is 0.251 e. The van der Waals surface area contributed by atoms with E-state index in [1.807, 2.05) is 32.2 Å². The number of Topliss-reactive ketones (excluding diaryl/α,β-unsaturated/α-hetero) is 1. The van der Waals surface area contributed by atoms with Gasteiger partial charge in [0, 0.05) is 37.8 Å². The van der Waals surface area contributed by atoms with Crippen LogP contribution in [0.1, 0.15) is 41.9 Å².